The maximum atomic E-state index is 12.0. The molecule has 0 heterocycles. The molecule has 1 amide bonds. The number of carbonyl (C=O) groups excluding carboxylic acids is 1. The molecule has 1 aromatic rings. The van der Waals surface area contributed by atoms with Crippen molar-refractivity contribution in [1.82, 2.24) is 16.0 Å². The van der Waals surface area contributed by atoms with Gasteiger partial charge in [0.1, 0.15) is 9.84 Å². The highest BCUT2D eigenvalue weighted by atomic mass is 32.2. The first kappa shape index (κ1) is 21.0. The van der Waals surface area contributed by atoms with E-state index in [0.29, 0.717) is 31.0 Å². The molecule has 0 saturated carbocycles. The van der Waals surface area contributed by atoms with Gasteiger partial charge in [-0.15, -0.1) is 0 Å². The Balaban J connectivity index is 2.32. The van der Waals surface area contributed by atoms with E-state index in [-0.39, 0.29) is 17.7 Å². The highest BCUT2D eigenvalue weighted by Gasteiger charge is 2.09. The third kappa shape index (κ3) is 9.09. The SMILES string of the molecule is CN=C(NCCNC(=O)c1cccc(C)c1)NC(C)CCS(C)(=O)=O. The second kappa shape index (κ2) is 10.0. The minimum atomic E-state index is -2.97. The quantitative estimate of drug-likeness (QED) is 0.357. The van der Waals surface area contributed by atoms with E-state index >= 15 is 0 Å². The Morgan fingerprint density at radius 2 is 1.92 bits per heavy atom. The fraction of sp³-hybridized carbons (Fsp3) is 0.529. The van der Waals surface area contributed by atoms with Crippen LogP contribution in [0.15, 0.2) is 29.3 Å². The van der Waals surface area contributed by atoms with E-state index in [1.54, 1.807) is 13.1 Å². The maximum absolute atomic E-state index is 12.0. The second-order valence-electron chi connectivity index (χ2n) is 6.09. The molecule has 0 radical (unpaired) electrons. The zero-order valence-electron chi connectivity index (χ0n) is 15.3. The molecule has 0 aliphatic rings. The Morgan fingerprint density at radius 3 is 2.52 bits per heavy atom. The van der Waals surface area contributed by atoms with Crippen molar-refractivity contribution in [3.63, 3.8) is 0 Å². The summed E-state index contributed by atoms with van der Waals surface area (Å²) in [6.45, 7) is 4.80. The Hall–Kier alpha value is -2.09. The summed E-state index contributed by atoms with van der Waals surface area (Å²) in [5.41, 5.74) is 1.68. The highest BCUT2D eigenvalue weighted by Crippen LogP contribution is 2.03. The molecule has 0 bridgehead atoms. The number of hydrogen-bond donors (Lipinski definition) is 3. The number of aryl methyl sites for hydroxylation is 1. The van der Waals surface area contributed by atoms with Gasteiger partial charge in [-0.05, 0) is 32.4 Å². The lowest BCUT2D eigenvalue weighted by atomic mass is 10.1. The van der Waals surface area contributed by atoms with Crippen LogP contribution in [0.25, 0.3) is 0 Å². The molecule has 7 nitrogen and oxygen atoms in total. The Kier molecular flexibility index (Phi) is 8.40. The van der Waals surface area contributed by atoms with Crippen molar-refractivity contribution in [2.24, 2.45) is 4.99 Å². The number of benzene rings is 1. The number of carbonyl (C=O) groups is 1. The third-order valence-electron chi connectivity index (χ3n) is 3.51. The average Bonchev–Trinajstić information content (AvgIpc) is 2.54. The van der Waals surface area contributed by atoms with Crippen LogP contribution in [0.5, 0.6) is 0 Å². The van der Waals surface area contributed by atoms with E-state index in [4.69, 9.17) is 0 Å². The Bertz CT molecular complexity index is 702. The maximum Gasteiger partial charge on any atom is 0.251 e. The van der Waals surface area contributed by atoms with Gasteiger partial charge in [0.15, 0.2) is 5.96 Å². The molecule has 140 valence electrons. The molecule has 8 heteroatoms. The minimum absolute atomic E-state index is 0.0252. The van der Waals surface area contributed by atoms with E-state index in [1.165, 1.54) is 6.26 Å². The number of sulfone groups is 1. The van der Waals surface area contributed by atoms with Gasteiger partial charge in [0.05, 0.1) is 5.75 Å². The first-order valence-electron chi connectivity index (χ1n) is 8.21. The van der Waals surface area contributed by atoms with Crippen LogP contribution < -0.4 is 16.0 Å². The largest absolute Gasteiger partial charge is 0.355 e. The average molecular weight is 369 g/mol. The fourth-order valence-electron chi connectivity index (χ4n) is 2.14. The number of nitrogens with one attached hydrogen (secondary N) is 3. The van der Waals surface area contributed by atoms with Gasteiger partial charge in [0.25, 0.3) is 5.91 Å². The van der Waals surface area contributed by atoms with Crippen LogP contribution in [0.3, 0.4) is 0 Å². The van der Waals surface area contributed by atoms with Gasteiger partial charge >= 0.3 is 0 Å². The van der Waals surface area contributed by atoms with Crippen LogP contribution in [0.2, 0.25) is 0 Å². The zero-order valence-corrected chi connectivity index (χ0v) is 16.1. The summed E-state index contributed by atoms with van der Waals surface area (Å²) in [5.74, 6) is 0.589. The van der Waals surface area contributed by atoms with Crippen molar-refractivity contribution in [1.29, 1.82) is 0 Å². The predicted octanol–water partition coefficient (Wildman–Crippen LogP) is 0.713. The summed E-state index contributed by atoms with van der Waals surface area (Å²) in [5, 5.41) is 9.06. The van der Waals surface area contributed by atoms with Gasteiger partial charge in [-0.25, -0.2) is 8.42 Å². The number of hydrogen-bond acceptors (Lipinski definition) is 4. The van der Waals surface area contributed by atoms with E-state index in [1.807, 2.05) is 32.0 Å². The van der Waals surface area contributed by atoms with E-state index in [9.17, 15) is 13.2 Å². The molecule has 1 rings (SSSR count). The Morgan fingerprint density at radius 1 is 1.24 bits per heavy atom. The number of rotatable bonds is 8. The van der Waals surface area contributed by atoms with Gasteiger partial charge < -0.3 is 16.0 Å². The molecule has 1 atom stereocenters. The molecule has 0 aliphatic heterocycles. The molecule has 0 saturated heterocycles. The smallest absolute Gasteiger partial charge is 0.251 e. The summed E-state index contributed by atoms with van der Waals surface area (Å²) < 4.78 is 22.4. The lowest BCUT2D eigenvalue weighted by molar-refractivity contribution is 0.0954. The van der Waals surface area contributed by atoms with Gasteiger partial charge in [0, 0.05) is 38.0 Å². The topological polar surface area (TPSA) is 99.7 Å². The first-order valence-corrected chi connectivity index (χ1v) is 10.3. The predicted molar refractivity (Wildman–Crippen MR) is 102 cm³/mol. The molecule has 0 aromatic heterocycles. The normalized spacial score (nSPS) is 13.2. The van der Waals surface area contributed by atoms with Gasteiger partial charge in [0.2, 0.25) is 0 Å². The molecule has 0 spiro atoms. The standard InChI is InChI=1S/C17H28N4O3S/c1-13-6-5-7-15(12-13)16(22)19-9-10-20-17(18-3)21-14(2)8-11-25(4,23)24/h5-7,12,14H,8-11H2,1-4H3,(H,19,22)(H2,18,20,21). The molecule has 1 unspecified atom stereocenters. The molecule has 1 aromatic carbocycles. The van der Waals surface area contributed by atoms with E-state index in [2.05, 4.69) is 20.9 Å². The first-order chi connectivity index (χ1) is 11.7. The van der Waals surface area contributed by atoms with Crippen LogP contribution in [-0.4, -0.2) is 58.5 Å². The van der Waals surface area contributed by atoms with Crippen molar-refractivity contribution < 1.29 is 13.2 Å². The van der Waals surface area contributed by atoms with Crippen molar-refractivity contribution in [2.45, 2.75) is 26.3 Å². The van der Waals surface area contributed by atoms with Crippen LogP contribution >= 0.6 is 0 Å². The Labute approximate surface area is 150 Å². The number of amides is 1. The van der Waals surface area contributed by atoms with Crippen LogP contribution in [0, 0.1) is 6.92 Å². The van der Waals surface area contributed by atoms with Crippen molar-refractivity contribution in [3.8, 4) is 0 Å². The second-order valence-corrected chi connectivity index (χ2v) is 8.35. The number of guanidine groups is 1. The summed E-state index contributed by atoms with van der Waals surface area (Å²) in [4.78, 5) is 16.1. The van der Waals surface area contributed by atoms with Crippen molar-refractivity contribution >= 4 is 21.7 Å². The third-order valence-corrected chi connectivity index (χ3v) is 4.49. The molecule has 0 fully saturated rings. The minimum Gasteiger partial charge on any atom is -0.355 e. The van der Waals surface area contributed by atoms with E-state index < -0.39 is 9.84 Å². The van der Waals surface area contributed by atoms with Crippen molar-refractivity contribution in [2.75, 3.05) is 32.1 Å². The summed E-state index contributed by atoms with van der Waals surface area (Å²) >= 11 is 0. The lowest BCUT2D eigenvalue weighted by Gasteiger charge is -2.17. The van der Waals surface area contributed by atoms with Crippen LogP contribution in [-0.2, 0) is 9.84 Å². The van der Waals surface area contributed by atoms with Crippen LogP contribution in [0.1, 0.15) is 29.3 Å². The molecule has 25 heavy (non-hydrogen) atoms. The van der Waals surface area contributed by atoms with Gasteiger partial charge in [-0.3, -0.25) is 9.79 Å². The van der Waals surface area contributed by atoms with E-state index in [0.717, 1.165) is 5.56 Å². The molecule has 0 aliphatic carbocycles. The zero-order chi connectivity index (χ0) is 18.9. The van der Waals surface area contributed by atoms with Crippen LogP contribution in [0.4, 0.5) is 0 Å². The van der Waals surface area contributed by atoms with Crippen molar-refractivity contribution in [3.05, 3.63) is 35.4 Å². The number of nitrogens with zero attached hydrogens (tertiary/aromatic N) is 1. The number of aliphatic imine (C=N–C) groups is 1. The summed E-state index contributed by atoms with van der Waals surface area (Å²) in [6.07, 6.45) is 1.73. The summed E-state index contributed by atoms with van der Waals surface area (Å²) in [6, 6.07) is 7.39. The van der Waals surface area contributed by atoms with Gasteiger partial charge in [-0.2, -0.15) is 0 Å². The molecular weight excluding hydrogens is 340 g/mol. The monoisotopic (exact) mass is 368 g/mol. The fourth-order valence-corrected chi connectivity index (χ4v) is 2.92. The highest BCUT2D eigenvalue weighted by molar-refractivity contribution is 7.90. The molecule has 3 N–H and O–H groups in total. The summed E-state index contributed by atoms with van der Waals surface area (Å²) in [7, 11) is -1.33. The lowest BCUT2D eigenvalue weighted by Crippen LogP contribution is -2.45. The molecular formula is C17H28N4O3S. The van der Waals surface area contributed by atoms with Gasteiger partial charge in [-0.1, -0.05) is 17.7 Å².